The Morgan fingerprint density at radius 1 is 1.05 bits per heavy atom. The molecule has 0 spiro atoms. The van der Waals surface area contributed by atoms with Gasteiger partial charge in [0.1, 0.15) is 0 Å². The van der Waals surface area contributed by atoms with Gasteiger partial charge in [0.25, 0.3) is 5.91 Å². The molecule has 0 aliphatic heterocycles. The van der Waals surface area contributed by atoms with Crippen LogP contribution in [0.5, 0.6) is 0 Å². The van der Waals surface area contributed by atoms with E-state index >= 15 is 0 Å². The first kappa shape index (κ1) is 16.2. The molecule has 0 unspecified atom stereocenters. The number of sulfonamides is 1. The Labute approximate surface area is 130 Å². The van der Waals surface area contributed by atoms with Crippen molar-refractivity contribution < 1.29 is 13.2 Å². The highest BCUT2D eigenvalue weighted by atomic mass is 32.2. The zero-order valence-corrected chi connectivity index (χ0v) is 13.5. The van der Waals surface area contributed by atoms with Crippen LogP contribution in [0.25, 0.3) is 0 Å². The molecule has 0 atom stereocenters. The zero-order valence-electron chi connectivity index (χ0n) is 12.7. The van der Waals surface area contributed by atoms with Crippen LogP contribution < -0.4 is 10.0 Å². The molecule has 0 saturated carbocycles. The molecule has 2 N–H and O–H groups in total. The van der Waals surface area contributed by atoms with Crippen LogP contribution in [0.1, 0.15) is 21.5 Å². The third-order valence-corrected chi connectivity index (χ3v) is 4.72. The normalized spacial score (nSPS) is 11.2. The molecule has 0 bridgehead atoms. The Morgan fingerprint density at radius 2 is 1.77 bits per heavy atom. The molecular formula is C16H18N2O3S. The molecule has 0 fully saturated rings. The fraction of sp³-hybridized carbons (Fsp3) is 0.188. The number of hydrogen-bond acceptors (Lipinski definition) is 3. The van der Waals surface area contributed by atoms with Crippen molar-refractivity contribution in [2.24, 2.45) is 0 Å². The SMILES string of the molecule is CNS(=O)(=O)c1ccc(C)c(C(=O)Nc2cccc(C)c2)c1. The number of carbonyl (C=O) groups is 1. The molecular weight excluding hydrogens is 300 g/mol. The molecule has 5 nitrogen and oxygen atoms in total. The summed E-state index contributed by atoms with van der Waals surface area (Å²) in [4.78, 5) is 12.5. The van der Waals surface area contributed by atoms with Crippen LogP contribution in [0.2, 0.25) is 0 Å². The summed E-state index contributed by atoms with van der Waals surface area (Å²) < 4.78 is 25.9. The molecule has 116 valence electrons. The van der Waals surface area contributed by atoms with Gasteiger partial charge in [0.2, 0.25) is 10.0 Å². The van der Waals surface area contributed by atoms with Gasteiger partial charge in [-0.15, -0.1) is 0 Å². The van der Waals surface area contributed by atoms with Gasteiger partial charge >= 0.3 is 0 Å². The molecule has 0 heterocycles. The monoisotopic (exact) mass is 318 g/mol. The Balaban J connectivity index is 2.35. The van der Waals surface area contributed by atoms with Crippen LogP contribution in [-0.2, 0) is 10.0 Å². The molecule has 0 aliphatic rings. The minimum Gasteiger partial charge on any atom is -0.322 e. The number of hydrogen-bond donors (Lipinski definition) is 2. The molecule has 1 amide bonds. The fourth-order valence-electron chi connectivity index (χ4n) is 2.05. The lowest BCUT2D eigenvalue weighted by Crippen LogP contribution is -2.20. The van der Waals surface area contributed by atoms with Crippen molar-refractivity contribution in [2.75, 3.05) is 12.4 Å². The largest absolute Gasteiger partial charge is 0.322 e. The third-order valence-electron chi connectivity index (χ3n) is 3.31. The second-order valence-electron chi connectivity index (χ2n) is 5.01. The van der Waals surface area contributed by atoms with E-state index in [1.165, 1.54) is 19.2 Å². The lowest BCUT2D eigenvalue weighted by molar-refractivity contribution is 0.102. The topological polar surface area (TPSA) is 75.3 Å². The van der Waals surface area contributed by atoms with Crippen LogP contribution in [0.15, 0.2) is 47.4 Å². The van der Waals surface area contributed by atoms with Crippen LogP contribution in [0.3, 0.4) is 0 Å². The number of carbonyl (C=O) groups excluding carboxylic acids is 1. The summed E-state index contributed by atoms with van der Waals surface area (Å²) in [7, 11) is -2.25. The Kier molecular flexibility index (Phi) is 4.63. The Hall–Kier alpha value is -2.18. The van der Waals surface area contributed by atoms with Gasteiger partial charge in [0.15, 0.2) is 0 Å². The summed E-state index contributed by atoms with van der Waals surface area (Å²) in [5.74, 6) is -0.337. The van der Waals surface area contributed by atoms with Crippen molar-refractivity contribution in [3.05, 3.63) is 59.2 Å². The zero-order chi connectivity index (χ0) is 16.3. The predicted molar refractivity (Wildman–Crippen MR) is 86.6 cm³/mol. The number of benzene rings is 2. The molecule has 22 heavy (non-hydrogen) atoms. The molecule has 0 aromatic heterocycles. The van der Waals surface area contributed by atoms with Crippen LogP contribution in [0.4, 0.5) is 5.69 Å². The molecule has 2 aromatic carbocycles. The molecule has 6 heteroatoms. The van der Waals surface area contributed by atoms with Crippen molar-refractivity contribution >= 4 is 21.6 Å². The molecule has 0 saturated heterocycles. The highest BCUT2D eigenvalue weighted by Crippen LogP contribution is 2.18. The van der Waals surface area contributed by atoms with Crippen LogP contribution >= 0.6 is 0 Å². The molecule has 0 aliphatic carbocycles. The van der Waals surface area contributed by atoms with E-state index in [2.05, 4.69) is 10.0 Å². The van der Waals surface area contributed by atoms with E-state index in [1.54, 1.807) is 19.1 Å². The smallest absolute Gasteiger partial charge is 0.255 e. The van der Waals surface area contributed by atoms with Gasteiger partial charge < -0.3 is 5.32 Å². The van der Waals surface area contributed by atoms with Crippen molar-refractivity contribution in [3.8, 4) is 0 Å². The summed E-state index contributed by atoms with van der Waals surface area (Å²) >= 11 is 0. The van der Waals surface area contributed by atoms with Gasteiger partial charge in [-0.1, -0.05) is 18.2 Å². The predicted octanol–water partition coefficient (Wildman–Crippen LogP) is 2.46. The van der Waals surface area contributed by atoms with Crippen molar-refractivity contribution in [2.45, 2.75) is 18.7 Å². The second-order valence-corrected chi connectivity index (χ2v) is 6.89. The number of aryl methyl sites for hydroxylation is 2. The number of anilines is 1. The molecule has 2 rings (SSSR count). The van der Waals surface area contributed by atoms with E-state index in [0.29, 0.717) is 16.8 Å². The maximum absolute atomic E-state index is 12.4. The highest BCUT2D eigenvalue weighted by Gasteiger charge is 2.16. The lowest BCUT2D eigenvalue weighted by atomic mass is 10.1. The van der Waals surface area contributed by atoms with E-state index in [-0.39, 0.29) is 10.8 Å². The lowest BCUT2D eigenvalue weighted by Gasteiger charge is -2.10. The standard InChI is InChI=1S/C16H18N2O3S/c1-11-5-4-6-13(9-11)18-16(19)15-10-14(8-7-12(15)2)22(20,21)17-3/h4-10,17H,1-3H3,(H,18,19). The minimum atomic E-state index is -3.58. The average molecular weight is 318 g/mol. The second kappa shape index (κ2) is 6.29. The van der Waals surface area contributed by atoms with E-state index in [1.807, 2.05) is 25.1 Å². The first-order chi connectivity index (χ1) is 10.3. The first-order valence-corrected chi connectivity index (χ1v) is 8.24. The maximum atomic E-state index is 12.4. The quantitative estimate of drug-likeness (QED) is 0.909. The summed E-state index contributed by atoms with van der Waals surface area (Å²) in [5, 5.41) is 2.78. The van der Waals surface area contributed by atoms with Crippen molar-refractivity contribution in [1.82, 2.24) is 4.72 Å². The fourth-order valence-corrected chi connectivity index (χ4v) is 2.81. The van der Waals surface area contributed by atoms with E-state index in [0.717, 1.165) is 5.56 Å². The van der Waals surface area contributed by atoms with E-state index in [4.69, 9.17) is 0 Å². The number of amides is 1. The third kappa shape index (κ3) is 3.52. The van der Waals surface area contributed by atoms with Crippen LogP contribution in [0, 0.1) is 13.8 Å². The van der Waals surface area contributed by atoms with Gasteiger partial charge in [-0.05, 0) is 56.3 Å². The van der Waals surface area contributed by atoms with Crippen LogP contribution in [-0.4, -0.2) is 21.4 Å². The average Bonchev–Trinajstić information content (AvgIpc) is 2.47. The number of rotatable bonds is 4. The summed E-state index contributed by atoms with van der Waals surface area (Å²) in [5.41, 5.74) is 2.74. The minimum absolute atomic E-state index is 0.0648. The van der Waals surface area contributed by atoms with Crippen molar-refractivity contribution in [1.29, 1.82) is 0 Å². The highest BCUT2D eigenvalue weighted by molar-refractivity contribution is 7.89. The van der Waals surface area contributed by atoms with Gasteiger partial charge in [-0.3, -0.25) is 4.79 Å². The van der Waals surface area contributed by atoms with Gasteiger partial charge in [0, 0.05) is 11.3 Å². The van der Waals surface area contributed by atoms with Gasteiger partial charge in [-0.2, -0.15) is 0 Å². The first-order valence-electron chi connectivity index (χ1n) is 6.76. The summed E-state index contributed by atoms with van der Waals surface area (Å²) in [6.45, 7) is 3.70. The van der Waals surface area contributed by atoms with Gasteiger partial charge in [-0.25, -0.2) is 13.1 Å². The summed E-state index contributed by atoms with van der Waals surface area (Å²) in [6.07, 6.45) is 0. The van der Waals surface area contributed by atoms with Crippen molar-refractivity contribution in [3.63, 3.8) is 0 Å². The van der Waals surface area contributed by atoms with E-state index in [9.17, 15) is 13.2 Å². The maximum Gasteiger partial charge on any atom is 0.255 e. The number of nitrogens with one attached hydrogen (secondary N) is 2. The Bertz CT molecular complexity index is 814. The van der Waals surface area contributed by atoms with Gasteiger partial charge in [0.05, 0.1) is 4.90 Å². The molecule has 0 radical (unpaired) electrons. The Morgan fingerprint density at radius 3 is 2.41 bits per heavy atom. The summed E-state index contributed by atoms with van der Waals surface area (Å²) in [6, 6.07) is 11.9. The van der Waals surface area contributed by atoms with E-state index < -0.39 is 10.0 Å². The molecule has 2 aromatic rings.